The molecule has 0 N–H and O–H groups in total. The van der Waals surface area contributed by atoms with Gasteiger partial charge < -0.3 is 4.74 Å². The predicted octanol–water partition coefficient (Wildman–Crippen LogP) is 2.40. The third kappa shape index (κ3) is 3.21. The van der Waals surface area contributed by atoms with Crippen LogP contribution in [0.4, 0.5) is 5.69 Å². The van der Waals surface area contributed by atoms with Crippen LogP contribution >= 0.6 is 11.6 Å². The second kappa shape index (κ2) is 4.75. The van der Waals surface area contributed by atoms with Crippen LogP contribution in [-0.2, 0) is 9.53 Å². The molecule has 0 saturated heterocycles. The highest BCUT2D eigenvalue weighted by molar-refractivity contribution is 6.20. The maximum absolute atomic E-state index is 10.6. The van der Waals surface area contributed by atoms with Gasteiger partial charge in [-0.15, -0.1) is 0 Å². The third-order valence-electron chi connectivity index (χ3n) is 1.61. The normalized spacial score (nSPS) is 11.9. The lowest BCUT2D eigenvalue weighted by Crippen LogP contribution is -2.03. The molecule has 1 aromatic carbocycles. The Bertz CT molecular complexity index is 393. The van der Waals surface area contributed by atoms with Gasteiger partial charge >= 0.3 is 5.97 Å². The summed E-state index contributed by atoms with van der Waals surface area (Å²) in [5, 5.41) is 10.5. The number of alkyl halides is 1. The van der Waals surface area contributed by atoms with E-state index in [1.165, 1.54) is 25.1 Å². The standard InChI is InChI=1S/C9H8ClNO4/c1-6(12)15-9(10)7-3-2-4-8(5-7)11(13)14/h2-5,9H,1H3. The van der Waals surface area contributed by atoms with Crippen LogP contribution in [-0.4, -0.2) is 10.9 Å². The van der Waals surface area contributed by atoms with E-state index in [0.29, 0.717) is 5.56 Å². The lowest BCUT2D eigenvalue weighted by Gasteiger charge is -2.09. The fourth-order valence-electron chi connectivity index (χ4n) is 0.993. The molecule has 0 aliphatic rings. The zero-order valence-electron chi connectivity index (χ0n) is 7.84. The van der Waals surface area contributed by atoms with Crippen molar-refractivity contribution in [3.8, 4) is 0 Å². The molecule has 15 heavy (non-hydrogen) atoms. The molecule has 0 saturated carbocycles. The Labute approximate surface area is 90.8 Å². The zero-order valence-corrected chi connectivity index (χ0v) is 8.60. The van der Waals surface area contributed by atoms with Gasteiger partial charge in [-0.1, -0.05) is 23.7 Å². The number of non-ortho nitro benzene ring substituents is 1. The first-order valence-corrected chi connectivity index (χ1v) is 4.50. The lowest BCUT2D eigenvalue weighted by atomic mass is 10.2. The highest BCUT2D eigenvalue weighted by Gasteiger charge is 2.14. The van der Waals surface area contributed by atoms with Crippen molar-refractivity contribution in [3.63, 3.8) is 0 Å². The SMILES string of the molecule is CC(=O)OC(Cl)c1cccc([N+](=O)[O-])c1. The second-order valence-electron chi connectivity index (χ2n) is 2.78. The molecule has 1 atom stereocenters. The summed E-state index contributed by atoms with van der Waals surface area (Å²) in [5.74, 6) is -0.540. The number of nitro groups is 1. The van der Waals surface area contributed by atoms with E-state index in [1.54, 1.807) is 6.07 Å². The van der Waals surface area contributed by atoms with Gasteiger partial charge in [-0.3, -0.25) is 14.9 Å². The van der Waals surface area contributed by atoms with Crippen molar-refractivity contribution < 1.29 is 14.5 Å². The largest absolute Gasteiger partial charge is 0.442 e. The van der Waals surface area contributed by atoms with Crippen LogP contribution in [0.25, 0.3) is 0 Å². The Morgan fingerprint density at radius 3 is 2.80 bits per heavy atom. The molecule has 0 aliphatic carbocycles. The summed E-state index contributed by atoms with van der Waals surface area (Å²) in [4.78, 5) is 20.5. The van der Waals surface area contributed by atoms with E-state index in [0.717, 1.165) is 0 Å². The number of benzene rings is 1. The summed E-state index contributed by atoms with van der Waals surface area (Å²) in [6, 6.07) is 5.63. The minimum Gasteiger partial charge on any atom is -0.442 e. The Balaban J connectivity index is 2.89. The zero-order chi connectivity index (χ0) is 11.4. The van der Waals surface area contributed by atoms with Crippen LogP contribution < -0.4 is 0 Å². The van der Waals surface area contributed by atoms with Gasteiger partial charge in [0.1, 0.15) is 0 Å². The summed E-state index contributed by atoms with van der Waals surface area (Å²) >= 11 is 5.71. The smallest absolute Gasteiger partial charge is 0.304 e. The van der Waals surface area contributed by atoms with Crippen molar-refractivity contribution in [2.45, 2.75) is 12.5 Å². The molecule has 0 aromatic heterocycles. The number of halogens is 1. The van der Waals surface area contributed by atoms with E-state index in [4.69, 9.17) is 11.6 Å². The summed E-state index contributed by atoms with van der Waals surface area (Å²) in [6.07, 6.45) is 0. The Morgan fingerprint density at radius 2 is 2.27 bits per heavy atom. The fraction of sp³-hybridized carbons (Fsp3) is 0.222. The highest BCUT2D eigenvalue weighted by atomic mass is 35.5. The molecular formula is C9H8ClNO4. The molecule has 0 fully saturated rings. The van der Waals surface area contributed by atoms with E-state index in [9.17, 15) is 14.9 Å². The van der Waals surface area contributed by atoms with Crippen LogP contribution in [0.5, 0.6) is 0 Å². The first-order valence-electron chi connectivity index (χ1n) is 4.06. The number of hydrogen-bond acceptors (Lipinski definition) is 4. The molecular weight excluding hydrogens is 222 g/mol. The van der Waals surface area contributed by atoms with Crippen molar-refractivity contribution in [1.82, 2.24) is 0 Å². The first-order chi connectivity index (χ1) is 7.00. The number of rotatable bonds is 3. The molecule has 0 aliphatic heterocycles. The maximum Gasteiger partial charge on any atom is 0.304 e. The van der Waals surface area contributed by atoms with E-state index < -0.39 is 16.5 Å². The van der Waals surface area contributed by atoms with Crippen LogP contribution in [0.1, 0.15) is 18.1 Å². The monoisotopic (exact) mass is 229 g/mol. The van der Waals surface area contributed by atoms with E-state index in [-0.39, 0.29) is 5.69 Å². The third-order valence-corrected chi connectivity index (χ3v) is 1.95. The van der Waals surface area contributed by atoms with Crippen molar-refractivity contribution in [1.29, 1.82) is 0 Å². The molecule has 5 nitrogen and oxygen atoms in total. The molecule has 80 valence electrons. The van der Waals surface area contributed by atoms with Crippen molar-refractivity contribution in [2.24, 2.45) is 0 Å². The van der Waals surface area contributed by atoms with Crippen LogP contribution in [0.15, 0.2) is 24.3 Å². The molecule has 0 amide bonds. The van der Waals surface area contributed by atoms with Crippen molar-refractivity contribution in [3.05, 3.63) is 39.9 Å². The number of carbonyl (C=O) groups is 1. The molecule has 1 aromatic rings. The number of nitro benzene ring substituents is 1. The van der Waals surface area contributed by atoms with Crippen LogP contribution in [0.3, 0.4) is 0 Å². The van der Waals surface area contributed by atoms with Gasteiger partial charge in [0, 0.05) is 24.6 Å². The van der Waals surface area contributed by atoms with E-state index >= 15 is 0 Å². The quantitative estimate of drug-likeness (QED) is 0.345. The Kier molecular flexibility index (Phi) is 3.62. The highest BCUT2D eigenvalue weighted by Crippen LogP contribution is 2.25. The summed E-state index contributed by atoms with van der Waals surface area (Å²) < 4.78 is 4.67. The minimum atomic E-state index is -0.998. The van der Waals surface area contributed by atoms with Gasteiger partial charge in [-0.05, 0) is 0 Å². The van der Waals surface area contributed by atoms with Gasteiger partial charge in [-0.2, -0.15) is 0 Å². The number of hydrogen-bond donors (Lipinski definition) is 0. The van der Waals surface area contributed by atoms with Gasteiger partial charge in [0.2, 0.25) is 5.56 Å². The van der Waals surface area contributed by atoms with E-state index in [1.807, 2.05) is 0 Å². The number of nitrogens with zero attached hydrogens (tertiary/aromatic N) is 1. The second-order valence-corrected chi connectivity index (χ2v) is 3.17. The average Bonchev–Trinajstić information content (AvgIpc) is 2.17. The number of esters is 1. The number of carbonyl (C=O) groups excluding carboxylic acids is 1. The summed E-state index contributed by atoms with van der Waals surface area (Å²) in [7, 11) is 0. The van der Waals surface area contributed by atoms with Crippen molar-refractivity contribution in [2.75, 3.05) is 0 Å². The van der Waals surface area contributed by atoms with Gasteiger partial charge in [-0.25, -0.2) is 0 Å². The molecule has 6 heteroatoms. The summed E-state index contributed by atoms with van der Waals surface area (Å²) in [5.41, 5.74) is -0.714. The van der Waals surface area contributed by atoms with E-state index in [2.05, 4.69) is 4.74 Å². The van der Waals surface area contributed by atoms with Crippen LogP contribution in [0.2, 0.25) is 0 Å². The molecule has 0 spiro atoms. The fourth-order valence-corrected chi connectivity index (χ4v) is 1.25. The molecule has 1 rings (SSSR count). The molecule has 1 unspecified atom stereocenters. The molecule has 0 radical (unpaired) electrons. The lowest BCUT2D eigenvalue weighted by molar-refractivity contribution is -0.385. The molecule has 0 bridgehead atoms. The van der Waals surface area contributed by atoms with Gasteiger partial charge in [0.25, 0.3) is 5.69 Å². The van der Waals surface area contributed by atoms with Gasteiger partial charge in [0.05, 0.1) is 4.92 Å². The number of ether oxygens (including phenoxy) is 1. The van der Waals surface area contributed by atoms with Crippen LogP contribution in [0, 0.1) is 10.1 Å². The van der Waals surface area contributed by atoms with Crippen molar-refractivity contribution >= 4 is 23.3 Å². The molecule has 0 heterocycles. The summed E-state index contributed by atoms with van der Waals surface area (Å²) in [6.45, 7) is 1.22. The maximum atomic E-state index is 10.6. The predicted molar refractivity (Wildman–Crippen MR) is 53.5 cm³/mol. The Morgan fingerprint density at radius 1 is 1.60 bits per heavy atom. The Hall–Kier alpha value is -1.62. The average molecular weight is 230 g/mol. The first kappa shape index (κ1) is 11.5. The topological polar surface area (TPSA) is 69.4 Å². The minimum absolute atomic E-state index is 0.0923. The van der Waals surface area contributed by atoms with Gasteiger partial charge in [0.15, 0.2) is 0 Å².